The first kappa shape index (κ1) is 19.3. The Bertz CT molecular complexity index is 910. The van der Waals surface area contributed by atoms with Gasteiger partial charge in [-0.25, -0.2) is 9.48 Å². The molecule has 3 rings (SSSR count). The molecule has 0 bridgehead atoms. The number of rotatable bonds is 8. The van der Waals surface area contributed by atoms with Gasteiger partial charge < -0.3 is 10.1 Å². The van der Waals surface area contributed by atoms with E-state index in [0.29, 0.717) is 18.5 Å². The van der Waals surface area contributed by atoms with E-state index in [0.717, 1.165) is 11.3 Å². The SMILES string of the molecule is COC(=O)[C@H](NC(=O)CCc1cnnn1Cc1ccccc1)c1ccccc1. The van der Waals surface area contributed by atoms with E-state index < -0.39 is 12.0 Å². The fourth-order valence-electron chi connectivity index (χ4n) is 2.88. The monoisotopic (exact) mass is 378 g/mol. The van der Waals surface area contributed by atoms with Crippen molar-refractivity contribution in [3.63, 3.8) is 0 Å². The van der Waals surface area contributed by atoms with Crippen molar-refractivity contribution in [3.8, 4) is 0 Å². The van der Waals surface area contributed by atoms with Crippen LogP contribution >= 0.6 is 0 Å². The zero-order valence-electron chi connectivity index (χ0n) is 15.6. The molecule has 0 saturated carbocycles. The summed E-state index contributed by atoms with van der Waals surface area (Å²) in [4.78, 5) is 24.5. The standard InChI is InChI=1S/C21H22N4O3/c1-28-21(27)20(17-10-6-3-7-11-17)23-19(26)13-12-18-14-22-24-25(18)15-16-8-4-2-5-9-16/h2-11,14,20H,12-13,15H2,1H3,(H,23,26)/t20-/m1/s1. The topological polar surface area (TPSA) is 86.1 Å². The average molecular weight is 378 g/mol. The molecule has 0 fully saturated rings. The number of hydrogen-bond donors (Lipinski definition) is 1. The number of carbonyl (C=O) groups is 2. The van der Waals surface area contributed by atoms with Crippen LogP contribution in [0.4, 0.5) is 0 Å². The van der Waals surface area contributed by atoms with E-state index in [4.69, 9.17) is 4.74 Å². The van der Waals surface area contributed by atoms with Gasteiger partial charge in [0.2, 0.25) is 5.91 Å². The average Bonchev–Trinajstić information content (AvgIpc) is 3.18. The van der Waals surface area contributed by atoms with Crippen molar-refractivity contribution in [3.05, 3.63) is 83.7 Å². The number of aromatic nitrogens is 3. The molecule has 3 aromatic rings. The predicted molar refractivity (Wildman–Crippen MR) is 103 cm³/mol. The maximum atomic E-state index is 12.4. The van der Waals surface area contributed by atoms with E-state index >= 15 is 0 Å². The quantitative estimate of drug-likeness (QED) is 0.608. The number of nitrogens with one attached hydrogen (secondary N) is 1. The van der Waals surface area contributed by atoms with Gasteiger partial charge in [0.05, 0.1) is 25.5 Å². The molecule has 0 saturated heterocycles. The highest BCUT2D eigenvalue weighted by Crippen LogP contribution is 2.15. The Morgan fingerprint density at radius 2 is 1.75 bits per heavy atom. The normalized spacial score (nSPS) is 11.6. The van der Waals surface area contributed by atoms with Crippen molar-refractivity contribution in [1.29, 1.82) is 0 Å². The van der Waals surface area contributed by atoms with E-state index in [1.165, 1.54) is 7.11 Å². The zero-order valence-corrected chi connectivity index (χ0v) is 15.6. The number of ether oxygens (including phenoxy) is 1. The molecule has 7 nitrogen and oxygen atoms in total. The first-order valence-electron chi connectivity index (χ1n) is 9.01. The number of hydrogen-bond acceptors (Lipinski definition) is 5. The second-order valence-corrected chi connectivity index (χ2v) is 6.30. The van der Waals surface area contributed by atoms with Crippen LogP contribution in [0.5, 0.6) is 0 Å². The van der Waals surface area contributed by atoms with Crippen molar-refractivity contribution in [1.82, 2.24) is 20.3 Å². The molecule has 7 heteroatoms. The van der Waals surface area contributed by atoms with Crippen LogP contribution in [-0.2, 0) is 27.3 Å². The summed E-state index contributed by atoms with van der Waals surface area (Å²) in [6.45, 7) is 0.590. The van der Waals surface area contributed by atoms with Crippen LogP contribution in [0.1, 0.15) is 29.3 Å². The van der Waals surface area contributed by atoms with Crippen molar-refractivity contribution in [2.24, 2.45) is 0 Å². The Kier molecular flexibility index (Phi) is 6.51. The molecule has 0 radical (unpaired) electrons. The molecule has 0 aliphatic heterocycles. The van der Waals surface area contributed by atoms with Gasteiger partial charge in [0.15, 0.2) is 6.04 Å². The summed E-state index contributed by atoms with van der Waals surface area (Å²) in [6.07, 6.45) is 2.34. The van der Waals surface area contributed by atoms with Crippen LogP contribution in [0.25, 0.3) is 0 Å². The largest absolute Gasteiger partial charge is 0.467 e. The highest BCUT2D eigenvalue weighted by Gasteiger charge is 2.23. The molecule has 2 aromatic carbocycles. The summed E-state index contributed by atoms with van der Waals surface area (Å²) in [7, 11) is 1.30. The van der Waals surface area contributed by atoms with Crippen LogP contribution < -0.4 is 5.32 Å². The fourth-order valence-corrected chi connectivity index (χ4v) is 2.88. The fraction of sp³-hybridized carbons (Fsp3) is 0.238. The molecule has 144 valence electrons. The molecule has 1 amide bonds. The third kappa shape index (κ3) is 5.03. The summed E-state index contributed by atoms with van der Waals surface area (Å²) >= 11 is 0. The predicted octanol–water partition coefficient (Wildman–Crippen LogP) is 2.29. The minimum atomic E-state index is -0.828. The molecule has 0 aliphatic rings. The van der Waals surface area contributed by atoms with Crippen LogP contribution in [-0.4, -0.2) is 34.0 Å². The minimum Gasteiger partial charge on any atom is -0.467 e. The maximum absolute atomic E-state index is 12.4. The van der Waals surface area contributed by atoms with Crippen LogP contribution in [0.2, 0.25) is 0 Å². The molecule has 28 heavy (non-hydrogen) atoms. The molecule has 1 N–H and O–H groups in total. The Balaban J connectivity index is 1.61. The summed E-state index contributed by atoms with van der Waals surface area (Å²) in [5.41, 5.74) is 2.64. The Morgan fingerprint density at radius 1 is 1.07 bits per heavy atom. The van der Waals surface area contributed by atoms with Gasteiger partial charge in [-0.15, -0.1) is 5.10 Å². The Labute approximate surface area is 163 Å². The summed E-state index contributed by atoms with van der Waals surface area (Å²) < 4.78 is 6.60. The van der Waals surface area contributed by atoms with Crippen molar-refractivity contribution >= 4 is 11.9 Å². The molecule has 0 unspecified atom stereocenters. The molecule has 0 spiro atoms. The summed E-state index contributed by atoms with van der Waals surface area (Å²) in [5.74, 6) is -0.748. The van der Waals surface area contributed by atoms with E-state index in [-0.39, 0.29) is 12.3 Å². The number of carbonyl (C=O) groups excluding carboxylic acids is 2. The number of amides is 1. The molecule has 1 atom stereocenters. The second kappa shape index (κ2) is 9.45. The summed E-state index contributed by atoms with van der Waals surface area (Å²) in [5, 5.41) is 10.8. The lowest BCUT2D eigenvalue weighted by Gasteiger charge is -2.17. The van der Waals surface area contributed by atoms with E-state index in [1.54, 1.807) is 23.0 Å². The number of aryl methyl sites for hydroxylation is 1. The molecule has 1 aromatic heterocycles. The maximum Gasteiger partial charge on any atom is 0.333 e. The number of methoxy groups -OCH3 is 1. The van der Waals surface area contributed by atoms with Gasteiger partial charge in [-0.05, 0) is 17.5 Å². The van der Waals surface area contributed by atoms with Gasteiger partial charge in [-0.3, -0.25) is 4.79 Å². The molecule has 1 heterocycles. The highest BCUT2D eigenvalue weighted by molar-refractivity contribution is 5.85. The lowest BCUT2D eigenvalue weighted by atomic mass is 10.1. The van der Waals surface area contributed by atoms with Crippen LogP contribution in [0, 0.1) is 0 Å². The van der Waals surface area contributed by atoms with Crippen molar-refractivity contribution < 1.29 is 14.3 Å². The number of nitrogens with zero attached hydrogens (tertiary/aromatic N) is 3. The number of benzene rings is 2. The zero-order chi connectivity index (χ0) is 19.8. The van der Waals surface area contributed by atoms with Crippen LogP contribution in [0.15, 0.2) is 66.9 Å². The third-order valence-corrected chi connectivity index (χ3v) is 4.36. The molecular formula is C21H22N4O3. The van der Waals surface area contributed by atoms with Crippen LogP contribution in [0.3, 0.4) is 0 Å². The van der Waals surface area contributed by atoms with Gasteiger partial charge in [0.1, 0.15) is 0 Å². The number of esters is 1. The lowest BCUT2D eigenvalue weighted by molar-refractivity contribution is -0.145. The second-order valence-electron chi connectivity index (χ2n) is 6.30. The van der Waals surface area contributed by atoms with Gasteiger partial charge >= 0.3 is 5.97 Å². The summed E-state index contributed by atoms with van der Waals surface area (Å²) in [6, 6.07) is 18.1. The Hall–Kier alpha value is -3.48. The first-order valence-corrected chi connectivity index (χ1v) is 9.01. The van der Waals surface area contributed by atoms with Gasteiger partial charge in [0.25, 0.3) is 0 Å². The first-order chi connectivity index (χ1) is 13.7. The van der Waals surface area contributed by atoms with Crippen molar-refractivity contribution in [2.45, 2.75) is 25.4 Å². The van der Waals surface area contributed by atoms with Crippen molar-refractivity contribution in [2.75, 3.05) is 7.11 Å². The van der Waals surface area contributed by atoms with E-state index in [1.807, 2.05) is 48.5 Å². The van der Waals surface area contributed by atoms with Gasteiger partial charge in [0, 0.05) is 6.42 Å². The van der Waals surface area contributed by atoms with E-state index in [9.17, 15) is 9.59 Å². The smallest absolute Gasteiger partial charge is 0.333 e. The van der Waals surface area contributed by atoms with Gasteiger partial charge in [-0.1, -0.05) is 65.9 Å². The van der Waals surface area contributed by atoms with E-state index in [2.05, 4.69) is 15.6 Å². The Morgan fingerprint density at radius 3 is 2.43 bits per heavy atom. The highest BCUT2D eigenvalue weighted by atomic mass is 16.5. The molecular weight excluding hydrogens is 356 g/mol. The van der Waals surface area contributed by atoms with Gasteiger partial charge in [-0.2, -0.15) is 0 Å². The lowest BCUT2D eigenvalue weighted by Crippen LogP contribution is -2.34. The third-order valence-electron chi connectivity index (χ3n) is 4.36. The molecule has 0 aliphatic carbocycles. The minimum absolute atomic E-state index is 0.211.